The van der Waals surface area contributed by atoms with Crippen LogP contribution in [0.3, 0.4) is 0 Å². The molecule has 0 bridgehead atoms. The van der Waals surface area contributed by atoms with Crippen molar-refractivity contribution >= 4 is 23.0 Å². The largest absolute Gasteiger partial charge is 0.495 e. The van der Waals surface area contributed by atoms with Gasteiger partial charge in [-0.05, 0) is 37.6 Å². The lowest BCUT2D eigenvalue weighted by Crippen LogP contribution is -2.47. The average Bonchev–Trinajstić information content (AvgIpc) is 2.75. The Morgan fingerprint density at radius 3 is 2.31 bits per heavy atom. The zero-order chi connectivity index (χ0) is 20.2. The standard InChI is InChI=1S/C23H27N5O/c1-17-8-4-5-9-19(17)26-22-16-23(25-18(2)24-22)28-14-12-27(13-15-28)20-10-6-7-11-21(20)29-3/h4-11,16H,12-15H2,1-3H3,(H,24,25,26). The molecule has 0 saturated carbocycles. The summed E-state index contributed by atoms with van der Waals surface area (Å²) >= 11 is 0. The fourth-order valence-corrected chi connectivity index (χ4v) is 3.70. The number of anilines is 4. The van der Waals surface area contributed by atoms with Gasteiger partial charge in [0.15, 0.2) is 0 Å². The number of ether oxygens (including phenoxy) is 1. The van der Waals surface area contributed by atoms with E-state index >= 15 is 0 Å². The maximum atomic E-state index is 5.52. The van der Waals surface area contributed by atoms with Gasteiger partial charge in [-0.25, -0.2) is 9.97 Å². The number of hydrogen-bond donors (Lipinski definition) is 1. The van der Waals surface area contributed by atoms with Crippen molar-refractivity contribution < 1.29 is 4.74 Å². The zero-order valence-corrected chi connectivity index (χ0v) is 17.2. The molecule has 1 fully saturated rings. The van der Waals surface area contributed by atoms with Crippen molar-refractivity contribution in [3.05, 3.63) is 66.0 Å². The number of benzene rings is 2. The molecule has 0 aliphatic carbocycles. The van der Waals surface area contributed by atoms with Crippen molar-refractivity contribution in [1.82, 2.24) is 9.97 Å². The van der Waals surface area contributed by atoms with Gasteiger partial charge in [0.05, 0.1) is 12.8 Å². The molecule has 0 spiro atoms. The predicted molar refractivity (Wildman–Crippen MR) is 119 cm³/mol. The van der Waals surface area contributed by atoms with Crippen molar-refractivity contribution in [2.75, 3.05) is 48.4 Å². The Morgan fingerprint density at radius 1 is 0.862 bits per heavy atom. The van der Waals surface area contributed by atoms with E-state index in [9.17, 15) is 0 Å². The van der Waals surface area contributed by atoms with Crippen LogP contribution in [0.25, 0.3) is 0 Å². The molecule has 4 rings (SSSR count). The van der Waals surface area contributed by atoms with Gasteiger partial charge in [0, 0.05) is 37.9 Å². The molecule has 150 valence electrons. The monoisotopic (exact) mass is 389 g/mol. The second-order valence-corrected chi connectivity index (χ2v) is 7.24. The number of methoxy groups -OCH3 is 1. The molecule has 3 aromatic rings. The minimum absolute atomic E-state index is 0.769. The van der Waals surface area contributed by atoms with Gasteiger partial charge in [-0.1, -0.05) is 30.3 Å². The zero-order valence-electron chi connectivity index (χ0n) is 17.2. The Kier molecular flexibility index (Phi) is 5.51. The molecule has 0 unspecified atom stereocenters. The van der Waals surface area contributed by atoms with Crippen LogP contribution in [-0.4, -0.2) is 43.3 Å². The van der Waals surface area contributed by atoms with Crippen molar-refractivity contribution in [3.63, 3.8) is 0 Å². The highest BCUT2D eigenvalue weighted by Crippen LogP contribution is 2.29. The predicted octanol–water partition coefficient (Wildman–Crippen LogP) is 4.17. The molecule has 1 aromatic heterocycles. The van der Waals surface area contributed by atoms with Crippen LogP contribution in [-0.2, 0) is 0 Å². The summed E-state index contributed by atoms with van der Waals surface area (Å²) in [7, 11) is 1.72. The smallest absolute Gasteiger partial charge is 0.142 e. The van der Waals surface area contributed by atoms with E-state index in [-0.39, 0.29) is 0 Å². The van der Waals surface area contributed by atoms with Gasteiger partial charge < -0.3 is 19.9 Å². The maximum Gasteiger partial charge on any atom is 0.142 e. The van der Waals surface area contributed by atoms with E-state index in [1.807, 2.05) is 37.3 Å². The first-order valence-corrected chi connectivity index (χ1v) is 9.95. The quantitative estimate of drug-likeness (QED) is 0.707. The van der Waals surface area contributed by atoms with Gasteiger partial charge in [-0.15, -0.1) is 0 Å². The van der Waals surface area contributed by atoms with Crippen LogP contribution in [0.1, 0.15) is 11.4 Å². The van der Waals surface area contributed by atoms with Gasteiger partial charge in [0.25, 0.3) is 0 Å². The molecular weight excluding hydrogens is 362 g/mol. The Bertz CT molecular complexity index is 983. The summed E-state index contributed by atoms with van der Waals surface area (Å²) in [5.74, 6) is 3.48. The summed E-state index contributed by atoms with van der Waals surface area (Å²) in [6.07, 6.45) is 0. The molecule has 1 aliphatic rings. The lowest BCUT2D eigenvalue weighted by Gasteiger charge is -2.37. The molecule has 6 nitrogen and oxygen atoms in total. The van der Waals surface area contributed by atoms with E-state index in [1.165, 1.54) is 5.56 Å². The molecule has 0 radical (unpaired) electrons. The lowest BCUT2D eigenvalue weighted by atomic mass is 10.2. The first kappa shape index (κ1) is 19.1. The summed E-state index contributed by atoms with van der Waals surface area (Å²) in [6.45, 7) is 7.68. The van der Waals surface area contributed by atoms with E-state index in [0.29, 0.717) is 0 Å². The lowest BCUT2D eigenvalue weighted by molar-refractivity contribution is 0.413. The highest BCUT2D eigenvalue weighted by molar-refractivity contribution is 5.63. The number of aromatic nitrogens is 2. The van der Waals surface area contributed by atoms with Gasteiger partial charge in [0.1, 0.15) is 23.2 Å². The minimum Gasteiger partial charge on any atom is -0.495 e. The molecular formula is C23H27N5O. The molecule has 2 aromatic carbocycles. The summed E-state index contributed by atoms with van der Waals surface area (Å²) in [6, 6.07) is 18.5. The molecule has 1 N–H and O–H groups in total. The van der Waals surface area contributed by atoms with Crippen molar-refractivity contribution in [1.29, 1.82) is 0 Å². The van der Waals surface area contributed by atoms with Crippen LogP contribution in [0.15, 0.2) is 54.6 Å². The Morgan fingerprint density at radius 2 is 1.55 bits per heavy atom. The topological polar surface area (TPSA) is 53.5 Å². The van der Waals surface area contributed by atoms with Gasteiger partial charge in [0.2, 0.25) is 0 Å². The Hall–Kier alpha value is -3.28. The third-order valence-electron chi connectivity index (χ3n) is 5.26. The van der Waals surface area contributed by atoms with E-state index in [2.05, 4.69) is 56.3 Å². The van der Waals surface area contributed by atoms with Gasteiger partial charge in [-0.3, -0.25) is 0 Å². The molecule has 0 amide bonds. The minimum atomic E-state index is 0.769. The maximum absolute atomic E-state index is 5.52. The van der Waals surface area contributed by atoms with E-state index < -0.39 is 0 Å². The van der Waals surface area contributed by atoms with Gasteiger partial charge in [-0.2, -0.15) is 0 Å². The summed E-state index contributed by atoms with van der Waals surface area (Å²) in [5.41, 5.74) is 3.41. The molecule has 6 heteroatoms. The molecule has 29 heavy (non-hydrogen) atoms. The fourth-order valence-electron chi connectivity index (χ4n) is 3.70. The van der Waals surface area contributed by atoms with Gasteiger partial charge >= 0.3 is 0 Å². The van der Waals surface area contributed by atoms with Crippen LogP contribution < -0.4 is 19.9 Å². The number of aryl methyl sites for hydroxylation is 2. The second kappa shape index (κ2) is 8.39. The second-order valence-electron chi connectivity index (χ2n) is 7.24. The van der Waals surface area contributed by atoms with Crippen molar-refractivity contribution in [2.45, 2.75) is 13.8 Å². The third-order valence-corrected chi connectivity index (χ3v) is 5.26. The summed E-state index contributed by atoms with van der Waals surface area (Å²) in [4.78, 5) is 14.0. The first-order chi connectivity index (χ1) is 14.1. The van der Waals surface area contributed by atoms with Crippen LogP contribution in [0.4, 0.5) is 23.0 Å². The number of nitrogens with zero attached hydrogens (tertiary/aromatic N) is 4. The van der Waals surface area contributed by atoms with Crippen molar-refractivity contribution in [3.8, 4) is 5.75 Å². The SMILES string of the molecule is COc1ccccc1N1CCN(c2cc(Nc3ccccc3C)nc(C)n2)CC1. The number of piperazine rings is 1. The van der Waals surface area contributed by atoms with E-state index in [0.717, 1.165) is 60.8 Å². The summed E-state index contributed by atoms with van der Waals surface area (Å²) < 4.78 is 5.52. The van der Waals surface area contributed by atoms with Crippen LogP contribution in [0.5, 0.6) is 5.75 Å². The Labute approximate surface area is 172 Å². The highest BCUT2D eigenvalue weighted by atomic mass is 16.5. The first-order valence-electron chi connectivity index (χ1n) is 9.95. The van der Waals surface area contributed by atoms with Crippen LogP contribution in [0, 0.1) is 13.8 Å². The van der Waals surface area contributed by atoms with E-state index in [1.54, 1.807) is 7.11 Å². The van der Waals surface area contributed by atoms with Crippen LogP contribution >= 0.6 is 0 Å². The fraction of sp³-hybridized carbons (Fsp3) is 0.304. The number of para-hydroxylation sites is 3. The Balaban J connectivity index is 1.48. The third kappa shape index (κ3) is 4.26. The van der Waals surface area contributed by atoms with E-state index in [4.69, 9.17) is 4.74 Å². The van der Waals surface area contributed by atoms with Crippen LogP contribution in [0.2, 0.25) is 0 Å². The average molecular weight is 390 g/mol. The summed E-state index contributed by atoms with van der Waals surface area (Å²) in [5, 5.41) is 3.44. The molecule has 0 atom stereocenters. The normalized spacial score (nSPS) is 14.0. The number of rotatable bonds is 5. The molecule has 1 aliphatic heterocycles. The molecule has 1 saturated heterocycles. The number of hydrogen-bond acceptors (Lipinski definition) is 6. The highest BCUT2D eigenvalue weighted by Gasteiger charge is 2.21. The van der Waals surface area contributed by atoms with Crippen molar-refractivity contribution in [2.24, 2.45) is 0 Å². The molecule has 2 heterocycles. The number of nitrogens with one attached hydrogen (secondary N) is 1.